The second-order valence-electron chi connectivity index (χ2n) is 10.3. The molecule has 0 fully saturated rings. The first-order valence-corrected chi connectivity index (χ1v) is 12.6. The minimum absolute atomic E-state index is 0.299. The summed E-state index contributed by atoms with van der Waals surface area (Å²) < 4.78 is 0. The molecule has 0 amide bonds. The molecule has 7 rings (SSSR count). The number of aromatic nitrogens is 2. The molecule has 172 valence electrons. The first-order chi connectivity index (χ1) is 17.6. The SMILES string of the molecule is CC1(C)c2cccc(c2)-c2cccc(c2)Cc2nc(cc3ccccc23)-c2cc3ccccc3c1n2. The van der Waals surface area contributed by atoms with Crippen LogP contribution < -0.4 is 0 Å². The lowest BCUT2D eigenvalue weighted by Gasteiger charge is -2.28. The molecule has 0 N–H and O–H groups in total. The summed E-state index contributed by atoms with van der Waals surface area (Å²) in [7, 11) is 0. The fourth-order valence-electron chi connectivity index (χ4n) is 5.62. The van der Waals surface area contributed by atoms with Gasteiger partial charge in [-0.15, -0.1) is 0 Å². The van der Waals surface area contributed by atoms with Crippen LogP contribution in [-0.2, 0) is 11.8 Å². The molecule has 1 aliphatic rings. The highest BCUT2D eigenvalue weighted by Gasteiger charge is 2.28. The molecule has 0 atom stereocenters. The number of pyridine rings is 2. The van der Waals surface area contributed by atoms with Crippen LogP contribution in [-0.4, -0.2) is 9.97 Å². The van der Waals surface area contributed by atoms with E-state index in [4.69, 9.17) is 9.97 Å². The van der Waals surface area contributed by atoms with Gasteiger partial charge in [-0.3, -0.25) is 4.98 Å². The van der Waals surface area contributed by atoms with Crippen LogP contribution in [0.5, 0.6) is 0 Å². The summed E-state index contributed by atoms with van der Waals surface area (Å²) in [6, 6.07) is 39.4. The van der Waals surface area contributed by atoms with Gasteiger partial charge in [0.15, 0.2) is 0 Å². The van der Waals surface area contributed by atoms with Crippen molar-refractivity contribution in [2.45, 2.75) is 25.7 Å². The Morgan fingerprint density at radius 1 is 0.583 bits per heavy atom. The van der Waals surface area contributed by atoms with Crippen LogP contribution in [0.4, 0.5) is 0 Å². The Labute approximate surface area is 211 Å². The van der Waals surface area contributed by atoms with E-state index < -0.39 is 0 Å². The van der Waals surface area contributed by atoms with Crippen molar-refractivity contribution in [1.29, 1.82) is 0 Å². The van der Waals surface area contributed by atoms with Gasteiger partial charge in [-0.05, 0) is 45.2 Å². The van der Waals surface area contributed by atoms with Crippen molar-refractivity contribution in [3.63, 3.8) is 0 Å². The van der Waals surface area contributed by atoms with Crippen LogP contribution >= 0.6 is 0 Å². The molecule has 0 aliphatic carbocycles. The zero-order valence-electron chi connectivity index (χ0n) is 20.5. The summed E-state index contributed by atoms with van der Waals surface area (Å²) in [4.78, 5) is 10.6. The Morgan fingerprint density at radius 3 is 2.03 bits per heavy atom. The van der Waals surface area contributed by atoms with E-state index in [2.05, 4.69) is 123 Å². The molecule has 2 heteroatoms. The number of nitrogens with zero attached hydrogens (tertiary/aromatic N) is 2. The normalized spacial score (nSPS) is 13.9. The van der Waals surface area contributed by atoms with Gasteiger partial charge in [0.2, 0.25) is 0 Å². The van der Waals surface area contributed by atoms with Gasteiger partial charge < -0.3 is 0 Å². The largest absolute Gasteiger partial charge is 0.250 e. The van der Waals surface area contributed by atoms with Crippen LogP contribution in [0.1, 0.15) is 36.4 Å². The Kier molecular flexibility index (Phi) is 4.59. The standard InChI is InChI=1S/C34H26N2/c1-34(2)27-14-8-13-24(19-27)23-12-7-9-22(17-23)18-30-28-15-5-3-10-25(28)20-31(35-30)32-21-26-11-4-6-16-29(26)33(34)36-32/h3-17,19-21H,18H2,1-2H3. The number of benzene rings is 4. The average Bonchev–Trinajstić information content (AvgIpc) is 2.92. The predicted molar refractivity (Wildman–Crippen MR) is 149 cm³/mol. The quantitative estimate of drug-likeness (QED) is 0.227. The second-order valence-corrected chi connectivity index (χ2v) is 10.3. The number of rotatable bonds is 0. The molecule has 0 unspecified atom stereocenters. The molecule has 6 aromatic rings. The van der Waals surface area contributed by atoms with Crippen LogP contribution in [0.3, 0.4) is 0 Å². The molecule has 1 aliphatic heterocycles. The molecule has 8 bridgehead atoms. The smallest absolute Gasteiger partial charge is 0.0896 e. The maximum Gasteiger partial charge on any atom is 0.0896 e. The van der Waals surface area contributed by atoms with E-state index in [0.29, 0.717) is 0 Å². The monoisotopic (exact) mass is 462 g/mol. The Bertz CT molecular complexity index is 1800. The molecule has 36 heavy (non-hydrogen) atoms. The number of hydrogen-bond acceptors (Lipinski definition) is 2. The minimum Gasteiger partial charge on any atom is -0.250 e. The van der Waals surface area contributed by atoms with Gasteiger partial charge >= 0.3 is 0 Å². The Balaban J connectivity index is 1.62. The topological polar surface area (TPSA) is 25.8 Å². The molecule has 0 spiro atoms. The molecule has 0 saturated heterocycles. The summed E-state index contributed by atoms with van der Waals surface area (Å²) in [6.07, 6.45) is 0.772. The summed E-state index contributed by atoms with van der Waals surface area (Å²) in [5.74, 6) is 0. The van der Waals surface area contributed by atoms with E-state index in [1.807, 2.05) is 0 Å². The van der Waals surface area contributed by atoms with Gasteiger partial charge in [0, 0.05) is 22.6 Å². The summed E-state index contributed by atoms with van der Waals surface area (Å²) >= 11 is 0. The molecule has 0 radical (unpaired) electrons. The molecule has 2 aromatic heterocycles. The van der Waals surface area contributed by atoms with Crippen molar-refractivity contribution in [2.75, 3.05) is 0 Å². The highest BCUT2D eigenvalue weighted by Crippen LogP contribution is 2.39. The second kappa shape index (κ2) is 7.86. The fourth-order valence-corrected chi connectivity index (χ4v) is 5.62. The zero-order chi connectivity index (χ0) is 24.3. The average molecular weight is 463 g/mol. The van der Waals surface area contributed by atoms with Gasteiger partial charge in [0.25, 0.3) is 0 Å². The zero-order valence-corrected chi connectivity index (χ0v) is 20.5. The van der Waals surface area contributed by atoms with E-state index in [0.717, 1.165) is 29.2 Å². The van der Waals surface area contributed by atoms with Gasteiger partial charge in [0.05, 0.1) is 22.8 Å². The highest BCUT2D eigenvalue weighted by molar-refractivity contribution is 5.91. The van der Waals surface area contributed by atoms with Crippen molar-refractivity contribution in [1.82, 2.24) is 9.97 Å². The van der Waals surface area contributed by atoms with Gasteiger partial charge in [-0.2, -0.15) is 0 Å². The predicted octanol–water partition coefficient (Wildman–Crippen LogP) is 8.35. The summed E-state index contributed by atoms with van der Waals surface area (Å²) in [5.41, 5.74) is 8.69. The van der Waals surface area contributed by atoms with Crippen molar-refractivity contribution in [2.24, 2.45) is 0 Å². The third kappa shape index (κ3) is 3.33. The molecular weight excluding hydrogens is 436 g/mol. The van der Waals surface area contributed by atoms with E-state index in [9.17, 15) is 0 Å². The molecule has 2 nitrogen and oxygen atoms in total. The van der Waals surface area contributed by atoms with E-state index in [1.54, 1.807) is 0 Å². The third-order valence-corrected chi connectivity index (χ3v) is 7.63. The lowest BCUT2D eigenvalue weighted by molar-refractivity contribution is 0.625. The van der Waals surface area contributed by atoms with Crippen molar-refractivity contribution < 1.29 is 0 Å². The first-order valence-electron chi connectivity index (χ1n) is 12.6. The van der Waals surface area contributed by atoms with Gasteiger partial charge in [-0.1, -0.05) is 111 Å². The summed E-state index contributed by atoms with van der Waals surface area (Å²) in [5, 5.41) is 4.77. The molecular formula is C34H26N2. The maximum atomic E-state index is 5.34. The molecule has 4 aromatic carbocycles. The maximum absolute atomic E-state index is 5.34. The van der Waals surface area contributed by atoms with Crippen LogP contribution in [0.25, 0.3) is 44.1 Å². The first kappa shape index (κ1) is 21.0. The van der Waals surface area contributed by atoms with Crippen LogP contribution in [0.15, 0.2) is 109 Å². The molecule has 0 saturated carbocycles. The van der Waals surface area contributed by atoms with Gasteiger partial charge in [-0.25, -0.2) is 4.98 Å². The van der Waals surface area contributed by atoms with Crippen molar-refractivity contribution in [3.05, 3.63) is 132 Å². The van der Waals surface area contributed by atoms with Gasteiger partial charge in [0.1, 0.15) is 0 Å². The number of hydrogen-bond donors (Lipinski definition) is 0. The highest BCUT2D eigenvalue weighted by atomic mass is 14.8. The summed E-state index contributed by atoms with van der Waals surface area (Å²) in [6.45, 7) is 4.57. The lowest BCUT2D eigenvalue weighted by Crippen LogP contribution is -2.21. The number of fused-ring (bicyclic) bond motifs is 14. The fraction of sp³-hybridized carbons (Fsp3) is 0.118. The van der Waals surface area contributed by atoms with Crippen LogP contribution in [0.2, 0.25) is 0 Å². The van der Waals surface area contributed by atoms with E-state index in [1.165, 1.54) is 43.8 Å². The lowest BCUT2D eigenvalue weighted by atomic mass is 9.78. The van der Waals surface area contributed by atoms with E-state index in [-0.39, 0.29) is 5.41 Å². The Morgan fingerprint density at radius 2 is 1.22 bits per heavy atom. The van der Waals surface area contributed by atoms with E-state index >= 15 is 0 Å². The minimum atomic E-state index is -0.299. The van der Waals surface area contributed by atoms with Crippen molar-refractivity contribution in [3.8, 4) is 22.5 Å². The molecule has 3 heterocycles. The third-order valence-electron chi connectivity index (χ3n) is 7.63. The van der Waals surface area contributed by atoms with Crippen LogP contribution in [0, 0.1) is 0 Å². The Hall–Kier alpha value is -4.30. The van der Waals surface area contributed by atoms with Crippen molar-refractivity contribution >= 4 is 21.5 Å².